The topological polar surface area (TPSA) is 38.3 Å². The molecule has 0 fully saturated rings. The van der Waals surface area contributed by atoms with Crippen molar-refractivity contribution < 1.29 is 9.53 Å². The number of ether oxygens (including phenoxy) is 1. The van der Waals surface area contributed by atoms with Crippen molar-refractivity contribution in [3.8, 4) is 0 Å². The van der Waals surface area contributed by atoms with Gasteiger partial charge in [0.1, 0.15) is 0 Å². The van der Waals surface area contributed by atoms with Crippen molar-refractivity contribution in [2.24, 2.45) is 0 Å². The van der Waals surface area contributed by atoms with Gasteiger partial charge in [-0.25, -0.2) is 4.79 Å². The highest BCUT2D eigenvalue weighted by molar-refractivity contribution is 5.67. The summed E-state index contributed by atoms with van der Waals surface area (Å²) in [6.45, 7) is 7.92. The van der Waals surface area contributed by atoms with E-state index in [1.165, 1.54) is 25.7 Å². The summed E-state index contributed by atoms with van der Waals surface area (Å²) >= 11 is 0. The summed E-state index contributed by atoms with van der Waals surface area (Å²) in [6, 6.07) is 0.216. The molecule has 0 aliphatic carbocycles. The molecule has 0 aliphatic heterocycles. The Morgan fingerprint density at radius 2 is 1.87 bits per heavy atom. The molecule has 90 valence electrons. The van der Waals surface area contributed by atoms with Gasteiger partial charge in [-0.1, -0.05) is 32.6 Å². The van der Waals surface area contributed by atoms with Gasteiger partial charge < -0.3 is 10.1 Å². The monoisotopic (exact) mass is 215 g/mol. The molecule has 0 heterocycles. The predicted molar refractivity (Wildman–Crippen MR) is 63.0 cm³/mol. The second-order valence-corrected chi connectivity index (χ2v) is 4.35. The van der Waals surface area contributed by atoms with Crippen LogP contribution in [0.15, 0.2) is 0 Å². The molecule has 3 nitrogen and oxygen atoms in total. The molecule has 0 saturated heterocycles. The molecule has 0 spiro atoms. The van der Waals surface area contributed by atoms with E-state index in [1.807, 2.05) is 20.8 Å². The number of amides is 1. The van der Waals surface area contributed by atoms with Crippen LogP contribution >= 0.6 is 0 Å². The van der Waals surface area contributed by atoms with E-state index in [4.69, 9.17) is 4.74 Å². The van der Waals surface area contributed by atoms with E-state index in [9.17, 15) is 4.79 Å². The summed E-state index contributed by atoms with van der Waals surface area (Å²) in [5, 5.41) is 2.83. The van der Waals surface area contributed by atoms with Crippen molar-refractivity contribution in [1.82, 2.24) is 5.32 Å². The minimum atomic E-state index is -0.298. The highest BCUT2D eigenvalue weighted by Crippen LogP contribution is 2.05. The van der Waals surface area contributed by atoms with E-state index in [0.29, 0.717) is 0 Å². The fourth-order valence-electron chi connectivity index (χ4n) is 1.40. The van der Waals surface area contributed by atoms with Crippen molar-refractivity contribution >= 4 is 6.09 Å². The zero-order valence-corrected chi connectivity index (χ0v) is 10.5. The Morgan fingerprint density at radius 1 is 1.20 bits per heavy atom. The SMILES string of the molecule is CCCCCCC(C)NC(=O)OC(C)C. The second kappa shape index (κ2) is 8.57. The Kier molecular flexibility index (Phi) is 8.15. The number of carbonyl (C=O) groups excluding carboxylic acids is 1. The van der Waals surface area contributed by atoms with Gasteiger partial charge in [0, 0.05) is 6.04 Å². The van der Waals surface area contributed by atoms with Gasteiger partial charge in [-0.3, -0.25) is 0 Å². The number of unbranched alkanes of at least 4 members (excludes halogenated alkanes) is 3. The summed E-state index contributed by atoms with van der Waals surface area (Å²) in [5.41, 5.74) is 0. The molecule has 1 N–H and O–H groups in total. The lowest BCUT2D eigenvalue weighted by Crippen LogP contribution is -2.34. The Labute approximate surface area is 93.6 Å². The minimum Gasteiger partial charge on any atom is -0.447 e. The standard InChI is InChI=1S/C12H25NO2/c1-5-6-7-8-9-11(4)13-12(14)15-10(2)3/h10-11H,5-9H2,1-4H3,(H,13,14). The normalized spacial score (nSPS) is 12.6. The third-order valence-electron chi connectivity index (χ3n) is 2.20. The Morgan fingerprint density at radius 3 is 2.40 bits per heavy atom. The van der Waals surface area contributed by atoms with Crippen molar-refractivity contribution in [1.29, 1.82) is 0 Å². The largest absolute Gasteiger partial charge is 0.447 e. The van der Waals surface area contributed by atoms with E-state index >= 15 is 0 Å². The van der Waals surface area contributed by atoms with Crippen LogP contribution in [-0.2, 0) is 4.74 Å². The van der Waals surface area contributed by atoms with E-state index in [0.717, 1.165) is 6.42 Å². The molecule has 1 atom stereocenters. The van der Waals surface area contributed by atoms with E-state index in [1.54, 1.807) is 0 Å². The molecule has 0 bridgehead atoms. The fourth-order valence-corrected chi connectivity index (χ4v) is 1.40. The highest BCUT2D eigenvalue weighted by Gasteiger charge is 2.08. The van der Waals surface area contributed by atoms with E-state index in [-0.39, 0.29) is 18.2 Å². The highest BCUT2D eigenvalue weighted by atomic mass is 16.6. The van der Waals surface area contributed by atoms with Gasteiger partial charge in [-0.2, -0.15) is 0 Å². The third-order valence-corrected chi connectivity index (χ3v) is 2.20. The van der Waals surface area contributed by atoms with Gasteiger partial charge >= 0.3 is 6.09 Å². The molecular weight excluding hydrogens is 190 g/mol. The van der Waals surface area contributed by atoms with Crippen LogP contribution in [-0.4, -0.2) is 18.2 Å². The maximum atomic E-state index is 11.2. The summed E-state index contributed by atoms with van der Waals surface area (Å²) in [5.74, 6) is 0. The van der Waals surface area contributed by atoms with Crippen LogP contribution in [0.3, 0.4) is 0 Å². The number of hydrogen-bond donors (Lipinski definition) is 1. The Balaban J connectivity index is 3.46. The molecular formula is C12H25NO2. The minimum absolute atomic E-state index is 0.0442. The smallest absolute Gasteiger partial charge is 0.407 e. The van der Waals surface area contributed by atoms with Crippen LogP contribution in [0.1, 0.15) is 59.8 Å². The first-order chi connectivity index (χ1) is 7.06. The van der Waals surface area contributed by atoms with Crippen molar-refractivity contribution in [2.75, 3.05) is 0 Å². The number of hydrogen-bond acceptors (Lipinski definition) is 2. The number of alkyl carbamates (subject to hydrolysis) is 1. The van der Waals surface area contributed by atoms with Crippen LogP contribution in [0.5, 0.6) is 0 Å². The zero-order valence-electron chi connectivity index (χ0n) is 10.5. The lowest BCUT2D eigenvalue weighted by Gasteiger charge is -2.15. The van der Waals surface area contributed by atoms with Crippen LogP contribution < -0.4 is 5.32 Å². The first kappa shape index (κ1) is 14.3. The van der Waals surface area contributed by atoms with E-state index < -0.39 is 0 Å². The lowest BCUT2D eigenvalue weighted by molar-refractivity contribution is 0.112. The molecule has 0 aliphatic rings. The average molecular weight is 215 g/mol. The maximum absolute atomic E-state index is 11.2. The molecule has 0 rings (SSSR count). The van der Waals surface area contributed by atoms with Crippen molar-refractivity contribution in [3.63, 3.8) is 0 Å². The van der Waals surface area contributed by atoms with Crippen LogP contribution in [0.4, 0.5) is 4.79 Å². The van der Waals surface area contributed by atoms with Gasteiger partial charge in [0.2, 0.25) is 0 Å². The average Bonchev–Trinajstić information content (AvgIpc) is 2.10. The van der Waals surface area contributed by atoms with Gasteiger partial charge in [-0.05, 0) is 27.2 Å². The fraction of sp³-hybridized carbons (Fsp3) is 0.917. The Hall–Kier alpha value is -0.730. The molecule has 3 heteroatoms. The van der Waals surface area contributed by atoms with Gasteiger partial charge in [0.25, 0.3) is 0 Å². The van der Waals surface area contributed by atoms with Gasteiger partial charge in [-0.15, -0.1) is 0 Å². The van der Waals surface area contributed by atoms with Crippen LogP contribution in [0.2, 0.25) is 0 Å². The second-order valence-electron chi connectivity index (χ2n) is 4.35. The Bertz CT molecular complexity index is 169. The van der Waals surface area contributed by atoms with Crippen LogP contribution in [0, 0.1) is 0 Å². The number of carbonyl (C=O) groups is 1. The summed E-state index contributed by atoms with van der Waals surface area (Å²) in [6.07, 6.45) is 5.65. The molecule has 0 aromatic carbocycles. The summed E-state index contributed by atoms with van der Waals surface area (Å²) in [7, 11) is 0. The summed E-state index contributed by atoms with van der Waals surface area (Å²) < 4.78 is 5.00. The van der Waals surface area contributed by atoms with Crippen LogP contribution in [0.25, 0.3) is 0 Å². The molecule has 1 unspecified atom stereocenters. The van der Waals surface area contributed by atoms with Gasteiger partial charge in [0.05, 0.1) is 6.10 Å². The molecule has 0 saturated carbocycles. The lowest BCUT2D eigenvalue weighted by atomic mass is 10.1. The molecule has 0 radical (unpaired) electrons. The third kappa shape index (κ3) is 9.57. The molecule has 15 heavy (non-hydrogen) atoms. The first-order valence-corrected chi connectivity index (χ1v) is 6.03. The number of rotatable bonds is 7. The van der Waals surface area contributed by atoms with Crippen molar-refractivity contribution in [2.45, 2.75) is 71.9 Å². The predicted octanol–water partition coefficient (Wildman–Crippen LogP) is 3.48. The van der Waals surface area contributed by atoms with Gasteiger partial charge in [0.15, 0.2) is 0 Å². The molecule has 0 aromatic rings. The zero-order chi connectivity index (χ0) is 11.7. The quantitative estimate of drug-likeness (QED) is 0.660. The maximum Gasteiger partial charge on any atom is 0.407 e. The van der Waals surface area contributed by atoms with Crippen molar-refractivity contribution in [3.05, 3.63) is 0 Å². The molecule has 0 aromatic heterocycles. The molecule has 1 amide bonds. The first-order valence-electron chi connectivity index (χ1n) is 6.03. The number of nitrogens with one attached hydrogen (secondary N) is 1. The van der Waals surface area contributed by atoms with E-state index in [2.05, 4.69) is 12.2 Å². The summed E-state index contributed by atoms with van der Waals surface area (Å²) in [4.78, 5) is 11.2.